The molecule has 0 aliphatic carbocycles. The minimum atomic E-state index is -1.66. The van der Waals surface area contributed by atoms with E-state index in [-0.39, 0.29) is 33.8 Å². The Balaban J connectivity index is 1.64. The highest BCUT2D eigenvalue weighted by molar-refractivity contribution is 5.86. The number of hydrogen-bond acceptors (Lipinski definition) is 11. The van der Waals surface area contributed by atoms with Crippen LogP contribution in [0.25, 0.3) is 22.3 Å². The predicted molar refractivity (Wildman–Crippen MR) is 107 cm³/mol. The lowest BCUT2D eigenvalue weighted by molar-refractivity contribution is -0.277. The van der Waals surface area contributed by atoms with E-state index in [9.17, 15) is 40.5 Å². The lowest BCUT2D eigenvalue weighted by atomic mass is 9.99. The van der Waals surface area contributed by atoms with Crippen LogP contribution in [0.5, 0.6) is 23.0 Å². The summed E-state index contributed by atoms with van der Waals surface area (Å²) in [5, 5.41) is 68.7. The van der Waals surface area contributed by atoms with Crippen LogP contribution in [0.2, 0.25) is 0 Å². The number of fused-ring (bicyclic) bond motifs is 1. The van der Waals surface area contributed by atoms with E-state index in [2.05, 4.69) is 0 Å². The maximum atomic E-state index is 12.4. The van der Waals surface area contributed by atoms with Gasteiger partial charge in [-0.3, -0.25) is 4.79 Å². The van der Waals surface area contributed by atoms with E-state index in [0.29, 0.717) is 0 Å². The first-order chi connectivity index (χ1) is 15.2. The molecule has 0 spiro atoms. The third-order valence-corrected chi connectivity index (χ3v) is 5.13. The lowest BCUT2D eigenvalue weighted by Gasteiger charge is -2.39. The topological polar surface area (TPSA) is 190 Å². The second-order valence-electron chi connectivity index (χ2n) is 7.31. The Morgan fingerprint density at radius 1 is 0.906 bits per heavy atom. The molecule has 170 valence electrons. The molecule has 11 heteroatoms. The van der Waals surface area contributed by atoms with Gasteiger partial charge in [0.05, 0.1) is 6.61 Å². The molecular formula is C21H20O11. The van der Waals surface area contributed by atoms with E-state index < -0.39 is 54.2 Å². The molecule has 1 saturated heterocycles. The minimum absolute atomic E-state index is 0.0298. The number of ether oxygens (including phenoxy) is 2. The van der Waals surface area contributed by atoms with Crippen LogP contribution in [0.4, 0.5) is 0 Å². The highest BCUT2D eigenvalue weighted by atomic mass is 16.7. The van der Waals surface area contributed by atoms with Gasteiger partial charge >= 0.3 is 0 Å². The highest BCUT2D eigenvalue weighted by Crippen LogP contribution is 2.35. The standard InChI is InChI=1S/C21H20O11/c22-7-16-18(27)19(28)20(29)21(32-16)31-13-2-1-8(3-10(13)24)14-6-12(26)17-11(25)4-9(23)5-15(17)30-14/h1-6,16,18-25,27-29H,7H2/t16-,18-,19+,20-,21?/m1/s1. The Bertz CT molecular complexity index is 1200. The number of aromatic hydroxyl groups is 3. The molecule has 7 N–H and O–H groups in total. The van der Waals surface area contributed by atoms with Crippen LogP contribution >= 0.6 is 0 Å². The molecular weight excluding hydrogens is 428 g/mol. The molecule has 2 heterocycles. The number of phenols is 3. The van der Waals surface area contributed by atoms with Crippen LogP contribution < -0.4 is 10.2 Å². The first kappa shape index (κ1) is 21.9. The molecule has 1 fully saturated rings. The van der Waals surface area contributed by atoms with Gasteiger partial charge < -0.3 is 49.6 Å². The molecule has 4 rings (SSSR count). The zero-order chi connectivity index (χ0) is 23.2. The van der Waals surface area contributed by atoms with E-state index in [1.54, 1.807) is 0 Å². The number of aliphatic hydroxyl groups is 4. The average Bonchev–Trinajstić information content (AvgIpc) is 2.74. The summed E-state index contributed by atoms with van der Waals surface area (Å²) in [4.78, 5) is 12.4. The summed E-state index contributed by atoms with van der Waals surface area (Å²) >= 11 is 0. The number of phenolic OH excluding ortho intramolecular Hbond substituents is 3. The zero-order valence-corrected chi connectivity index (χ0v) is 16.3. The van der Waals surface area contributed by atoms with Gasteiger partial charge in [0, 0.05) is 23.8 Å². The van der Waals surface area contributed by atoms with Crippen molar-refractivity contribution < 1.29 is 49.6 Å². The van der Waals surface area contributed by atoms with Crippen LogP contribution in [0.1, 0.15) is 0 Å². The molecule has 5 atom stereocenters. The normalized spacial score (nSPS) is 25.7. The van der Waals surface area contributed by atoms with Crippen LogP contribution in [0.15, 0.2) is 45.6 Å². The van der Waals surface area contributed by atoms with Crippen LogP contribution in [0.3, 0.4) is 0 Å². The quantitative estimate of drug-likeness (QED) is 0.279. The summed E-state index contributed by atoms with van der Waals surface area (Å²) in [6.07, 6.45) is -7.54. The SMILES string of the molecule is O=c1cc(-c2ccc(OC3O[C@H](CO)[C@@H](O)[C@H](O)[C@H]3O)c(O)c2)oc2cc(O)cc(O)c12. The average molecular weight is 448 g/mol. The van der Waals surface area contributed by atoms with Crippen molar-refractivity contribution in [3.8, 4) is 34.3 Å². The lowest BCUT2D eigenvalue weighted by Crippen LogP contribution is -2.60. The van der Waals surface area contributed by atoms with Crippen molar-refractivity contribution in [2.75, 3.05) is 6.61 Å². The molecule has 1 aliphatic heterocycles. The van der Waals surface area contributed by atoms with Crippen molar-refractivity contribution in [1.82, 2.24) is 0 Å². The number of aliphatic hydroxyl groups excluding tert-OH is 4. The van der Waals surface area contributed by atoms with Crippen molar-refractivity contribution in [2.24, 2.45) is 0 Å². The third kappa shape index (κ3) is 3.83. The molecule has 1 aliphatic rings. The Morgan fingerprint density at radius 2 is 1.66 bits per heavy atom. The highest BCUT2D eigenvalue weighted by Gasteiger charge is 2.44. The number of benzene rings is 2. The van der Waals surface area contributed by atoms with Crippen molar-refractivity contribution in [3.05, 3.63) is 46.6 Å². The molecule has 2 aromatic carbocycles. The first-order valence-corrected chi connectivity index (χ1v) is 9.50. The van der Waals surface area contributed by atoms with Gasteiger partial charge in [-0.1, -0.05) is 0 Å². The van der Waals surface area contributed by atoms with Crippen molar-refractivity contribution in [3.63, 3.8) is 0 Å². The first-order valence-electron chi connectivity index (χ1n) is 9.50. The zero-order valence-electron chi connectivity index (χ0n) is 16.3. The van der Waals surface area contributed by atoms with Crippen LogP contribution in [-0.4, -0.2) is 73.1 Å². The summed E-state index contributed by atoms with van der Waals surface area (Å²) in [5.41, 5.74) is -0.378. The minimum Gasteiger partial charge on any atom is -0.508 e. The molecule has 0 amide bonds. The van der Waals surface area contributed by atoms with Gasteiger partial charge in [-0.2, -0.15) is 0 Å². The summed E-state index contributed by atoms with van der Waals surface area (Å²) in [6, 6.07) is 7.19. The van der Waals surface area contributed by atoms with Crippen LogP contribution in [0, 0.1) is 0 Å². The largest absolute Gasteiger partial charge is 0.508 e. The third-order valence-electron chi connectivity index (χ3n) is 5.13. The molecule has 0 radical (unpaired) electrons. The predicted octanol–water partition coefficient (Wildman–Crippen LogP) is -0.245. The molecule has 0 saturated carbocycles. The fourth-order valence-corrected chi connectivity index (χ4v) is 3.46. The van der Waals surface area contributed by atoms with Gasteiger partial charge in [-0.05, 0) is 18.2 Å². The molecule has 11 nitrogen and oxygen atoms in total. The molecule has 1 aromatic heterocycles. The summed E-state index contributed by atoms with van der Waals surface area (Å²) in [5.74, 6) is -1.30. The monoisotopic (exact) mass is 448 g/mol. The number of rotatable bonds is 4. The molecule has 3 aromatic rings. The maximum Gasteiger partial charge on any atom is 0.229 e. The van der Waals surface area contributed by atoms with Gasteiger partial charge in [0.15, 0.2) is 16.9 Å². The Morgan fingerprint density at radius 3 is 2.34 bits per heavy atom. The van der Waals surface area contributed by atoms with Gasteiger partial charge in [0.25, 0.3) is 0 Å². The Kier molecular flexibility index (Phi) is 5.67. The van der Waals surface area contributed by atoms with E-state index in [1.165, 1.54) is 18.2 Å². The maximum absolute atomic E-state index is 12.4. The van der Waals surface area contributed by atoms with E-state index in [1.807, 2.05) is 0 Å². The van der Waals surface area contributed by atoms with Gasteiger partial charge in [-0.15, -0.1) is 0 Å². The summed E-state index contributed by atoms with van der Waals surface area (Å²) < 4.78 is 16.2. The molecule has 32 heavy (non-hydrogen) atoms. The Hall–Kier alpha value is -3.35. The van der Waals surface area contributed by atoms with Crippen molar-refractivity contribution in [2.45, 2.75) is 30.7 Å². The van der Waals surface area contributed by atoms with Crippen molar-refractivity contribution in [1.29, 1.82) is 0 Å². The smallest absolute Gasteiger partial charge is 0.229 e. The van der Waals surface area contributed by atoms with Gasteiger partial charge in [0.2, 0.25) is 6.29 Å². The fourth-order valence-electron chi connectivity index (χ4n) is 3.46. The second-order valence-corrected chi connectivity index (χ2v) is 7.31. The number of hydrogen-bond donors (Lipinski definition) is 7. The fraction of sp³-hybridized carbons (Fsp3) is 0.286. The Labute approximate surface area is 179 Å². The molecule has 1 unspecified atom stereocenters. The second kappa shape index (κ2) is 8.30. The summed E-state index contributed by atoms with van der Waals surface area (Å²) in [7, 11) is 0. The van der Waals surface area contributed by atoms with Gasteiger partial charge in [-0.25, -0.2) is 0 Å². The van der Waals surface area contributed by atoms with E-state index in [4.69, 9.17) is 13.9 Å². The molecule has 0 bridgehead atoms. The van der Waals surface area contributed by atoms with Crippen LogP contribution in [-0.2, 0) is 4.74 Å². The summed E-state index contributed by atoms with van der Waals surface area (Å²) in [6.45, 7) is -0.637. The van der Waals surface area contributed by atoms with E-state index >= 15 is 0 Å². The van der Waals surface area contributed by atoms with E-state index in [0.717, 1.165) is 18.2 Å². The van der Waals surface area contributed by atoms with Crippen molar-refractivity contribution >= 4 is 11.0 Å². The van der Waals surface area contributed by atoms with Gasteiger partial charge in [0.1, 0.15) is 52.6 Å².